The second-order valence-electron chi connectivity index (χ2n) is 3.15. The maximum absolute atomic E-state index is 10.4. The van der Waals surface area contributed by atoms with Crippen molar-refractivity contribution in [3.63, 3.8) is 0 Å². The summed E-state index contributed by atoms with van der Waals surface area (Å²) in [6, 6.07) is 4.57. The molecule has 16 heavy (non-hydrogen) atoms. The van der Waals surface area contributed by atoms with E-state index in [0.717, 1.165) is 6.42 Å². The largest absolute Gasteiger partial charge is 0.433 e. The summed E-state index contributed by atoms with van der Waals surface area (Å²) in [6.07, 6.45) is 1.29. The van der Waals surface area contributed by atoms with Crippen LogP contribution in [0.25, 0.3) is 5.70 Å². The minimum atomic E-state index is -0.650. The van der Waals surface area contributed by atoms with Crippen LogP contribution in [0.5, 0.6) is 0 Å². The van der Waals surface area contributed by atoms with Gasteiger partial charge in [0, 0.05) is 0 Å². The molecule has 0 fully saturated rings. The van der Waals surface area contributed by atoms with E-state index in [0.29, 0.717) is 12.0 Å². The molecule has 0 aliphatic carbocycles. The van der Waals surface area contributed by atoms with Gasteiger partial charge in [0.15, 0.2) is 5.76 Å². The molecule has 6 heteroatoms. The van der Waals surface area contributed by atoms with E-state index in [2.05, 4.69) is 0 Å². The summed E-state index contributed by atoms with van der Waals surface area (Å²) in [5.41, 5.74) is 6.24. The summed E-state index contributed by atoms with van der Waals surface area (Å²) in [5, 5.41) is 19.2. The quantitative estimate of drug-likeness (QED) is 0.476. The molecule has 0 aliphatic rings. The normalized spacial score (nSPS) is 11.8. The topological polar surface area (TPSA) is 106 Å². The summed E-state index contributed by atoms with van der Waals surface area (Å²) in [4.78, 5) is 9.74. The van der Waals surface area contributed by atoms with Crippen molar-refractivity contribution in [3.8, 4) is 6.07 Å². The molecule has 1 aromatic rings. The van der Waals surface area contributed by atoms with Gasteiger partial charge in [-0.2, -0.15) is 5.26 Å². The molecule has 6 nitrogen and oxygen atoms in total. The number of nitrogens with two attached hydrogens (primary N) is 1. The Morgan fingerprint density at radius 3 is 2.81 bits per heavy atom. The maximum Gasteiger partial charge on any atom is 0.433 e. The summed E-state index contributed by atoms with van der Waals surface area (Å²) in [6.45, 7) is 1.91. The molecule has 0 atom stereocenters. The third-order valence-corrected chi connectivity index (χ3v) is 2.00. The van der Waals surface area contributed by atoms with Crippen molar-refractivity contribution in [2.24, 2.45) is 5.73 Å². The lowest BCUT2D eigenvalue weighted by Crippen LogP contribution is -1.99. The highest BCUT2D eigenvalue weighted by molar-refractivity contribution is 5.66. The first-order valence-electron chi connectivity index (χ1n) is 4.73. The first-order valence-corrected chi connectivity index (χ1v) is 4.73. The van der Waals surface area contributed by atoms with Crippen LogP contribution in [-0.4, -0.2) is 4.92 Å². The Hall–Kier alpha value is -2.29. The highest BCUT2D eigenvalue weighted by Crippen LogP contribution is 2.22. The zero-order valence-electron chi connectivity index (χ0n) is 8.77. The highest BCUT2D eigenvalue weighted by Gasteiger charge is 2.15. The smallest absolute Gasteiger partial charge is 0.399 e. The van der Waals surface area contributed by atoms with Crippen LogP contribution in [0.2, 0.25) is 0 Å². The van der Waals surface area contributed by atoms with Crippen LogP contribution >= 0.6 is 0 Å². The van der Waals surface area contributed by atoms with Crippen LogP contribution in [0.3, 0.4) is 0 Å². The number of hydrogen-bond acceptors (Lipinski definition) is 5. The Morgan fingerprint density at radius 2 is 2.38 bits per heavy atom. The van der Waals surface area contributed by atoms with Crippen LogP contribution in [0.4, 0.5) is 5.88 Å². The third kappa shape index (κ3) is 2.39. The molecule has 0 radical (unpaired) electrons. The second-order valence-corrected chi connectivity index (χ2v) is 3.15. The van der Waals surface area contributed by atoms with Crippen molar-refractivity contribution < 1.29 is 9.34 Å². The Bertz CT molecular complexity index is 468. The zero-order valence-corrected chi connectivity index (χ0v) is 8.77. The molecule has 0 bridgehead atoms. The van der Waals surface area contributed by atoms with E-state index in [9.17, 15) is 10.1 Å². The molecular formula is C10H11N3O3. The van der Waals surface area contributed by atoms with Gasteiger partial charge in [-0.05, 0) is 12.5 Å². The molecule has 1 aromatic heterocycles. The number of nitriles is 1. The van der Waals surface area contributed by atoms with Gasteiger partial charge in [0.05, 0.1) is 23.4 Å². The predicted molar refractivity (Wildman–Crippen MR) is 57.0 cm³/mol. The lowest BCUT2D eigenvalue weighted by molar-refractivity contribution is -0.402. The third-order valence-electron chi connectivity index (χ3n) is 2.00. The molecule has 84 valence electrons. The molecule has 1 rings (SSSR count). The van der Waals surface area contributed by atoms with Gasteiger partial charge < -0.3 is 10.2 Å². The van der Waals surface area contributed by atoms with Gasteiger partial charge in [0.1, 0.15) is 4.92 Å². The summed E-state index contributed by atoms with van der Waals surface area (Å²) in [7, 11) is 0. The van der Waals surface area contributed by atoms with Crippen molar-refractivity contribution in [2.45, 2.75) is 19.8 Å². The molecule has 0 amide bonds. The maximum atomic E-state index is 10.4. The molecule has 0 aromatic carbocycles. The second kappa shape index (κ2) is 4.98. The summed E-state index contributed by atoms with van der Waals surface area (Å²) < 4.78 is 4.90. The van der Waals surface area contributed by atoms with Crippen molar-refractivity contribution in [1.29, 1.82) is 5.26 Å². The van der Waals surface area contributed by atoms with Gasteiger partial charge in [-0.3, -0.25) is 10.1 Å². The predicted octanol–water partition coefficient (Wildman–Crippen LogP) is 2.18. The van der Waals surface area contributed by atoms with Gasteiger partial charge in [0.25, 0.3) is 0 Å². The van der Waals surface area contributed by atoms with Crippen LogP contribution in [-0.2, 0) is 0 Å². The van der Waals surface area contributed by atoms with Crippen LogP contribution in [0, 0.1) is 21.4 Å². The Morgan fingerprint density at radius 1 is 1.69 bits per heavy atom. The van der Waals surface area contributed by atoms with Gasteiger partial charge >= 0.3 is 5.88 Å². The fraction of sp³-hybridized carbons (Fsp3) is 0.300. The van der Waals surface area contributed by atoms with Gasteiger partial charge in [-0.25, -0.2) is 0 Å². The molecule has 0 saturated carbocycles. The van der Waals surface area contributed by atoms with Crippen molar-refractivity contribution in [1.82, 2.24) is 0 Å². The minimum Gasteiger partial charge on any atom is -0.399 e. The minimum absolute atomic E-state index is 0.164. The number of furan rings is 1. The number of hydrogen-bond donors (Lipinski definition) is 1. The first kappa shape index (κ1) is 11.8. The molecule has 2 N–H and O–H groups in total. The van der Waals surface area contributed by atoms with E-state index >= 15 is 0 Å². The number of nitrogens with zero attached hydrogens (tertiary/aromatic N) is 2. The molecule has 0 aliphatic heterocycles. The lowest BCUT2D eigenvalue weighted by atomic mass is 10.1. The van der Waals surface area contributed by atoms with E-state index in [1.165, 1.54) is 12.1 Å². The fourth-order valence-corrected chi connectivity index (χ4v) is 1.22. The fourth-order valence-electron chi connectivity index (χ4n) is 1.22. The van der Waals surface area contributed by atoms with Gasteiger partial charge in [0.2, 0.25) is 0 Å². The Balaban J connectivity index is 3.08. The molecule has 0 saturated heterocycles. The zero-order chi connectivity index (χ0) is 12.1. The highest BCUT2D eigenvalue weighted by atomic mass is 16.6. The van der Waals surface area contributed by atoms with Crippen LogP contribution < -0.4 is 5.73 Å². The monoisotopic (exact) mass is 221 g/mol. The van der Waals surface area contributed by atoms with Crippen LogP contribution in [0.1, 0.15) is 25.5 Å². The molecule has 0 spiro atoms. The standard InChI is InChI=1S/C10H11N3O3/c1-2-3-7(6-11)10(12)8-4-5-9(16-8)13(14)15/h4-5H,2-3,12H2,1H3/b10-7-. The Labute approximate surface area is 92.1 Å². The lowest BCUT2D eigenvalue weighted by Gasteiger charge is -2.00. The summed E-state index contributed by atoms with van der Waals surface area (Å²) in [5.74, 6) is -0.219. The molecule has 1 heterocycles. The van der Waals surface area contributed by atoms with E-state index < -0.39 is 4.92 Å². The first-order chi connectivity index (χ1) is 7.60. The van der Waals surface area contributed by atoms with E-state index in [4.69, 9.17) is 15.4 Å². The van der Waals surface area contributed by atoms with E-state index in [-0.39, 0.29) is 17.3 Å². The number of allylic oxidation sites excluding steroid dienone is 1. The van der Waals surface area contributed by atoms with Crippen molar-refractivity contribution >= 4 is 11.6 Å². The average molecular weight is 221 g/mol. The van der Waals surface area contributed by atoms with Crippen LogP contribution in [0.15, 0.2) is 22.1 Å². The number of rotatable bonds is 4. The van der Waals surface area contributed by atoms with Crippen molar-refractivity contribution in [3.05, 3.63) is 33.6 Å². The Kier molecular flexibility index (Phi) is 3.67. The molecular weight excluding hydrogens is 210 g/mol. The van der Waals surface area contributed by atoms with E-state index in [1.54, 1.807) is 0 Å². The van der Waals surface area contributed by atoms with Gasteiger partial charge in [-0.15, -0.1) is 0 Å². The summed E-state index contributed by atoms with van der Waals surface area (Å²) >= 11 is 0. The SMILES string of the molecule is CCC/C(C#N)=C(/N)c1ccc([N+](=O)[O-])o1. The van der Waals surface area contributed by atoms with E-state index in [1.807, 2.05) is 13.0 Å². The average Bonchev–Trinajstić information content (AvgIpc) is 2.74. The molecule has 0 unspecified atom stereocenters. The van der Waals surface area contributed by atoms with Crippen molar-refractivity contribution in [2.75, 3.05) is 0 Å². The number of nitro groups is 1. The van der Waals surface area contributed by atoms with Gasteiger partial charge in [-0.1, -0.05) is 13.3 Å².